The molecule has 2 amide bonds. The molecule has 0 saturated carbocycles. The van der Waals surface area contributed by atoms with Gasteiger partial charge >= 0.3 is 0 Å². The van der Waals surface area contributed by atoms with Crippen LogP contribution < -0.4 is 16.0 Å². The molecule has 0 radical (unpaired) electrons. The lowest BCUT2D eigenvalue weighted by Gasteiger charge is -2.33. The van der Waals surface area contributed by atoms with Gasteiger partial charge in [-0.2, -0.15) is 0 Å². The minimum absolute atomic E-state index is 0.0848. The number of nitrogens with one attached hydrogen (secondary N) is 1. The first-order chi connectivity index (χ1) is 15.8. The summed E-state index contributed by atoms with van der Waals surface area (Å²) in [5.74, 6) is -1.18. The number of aromatic nitrogens is 2. The maximum atomic E-state index is 14.5. The van der Waals surface area contributed by atoms with Crippen molar-refractivity contribution in [1.82, 2.24) is 14.9 Å². The minimum atomic E-state index is -0.511. The Morgan fingerprint density at radius 2 is 2.12 bits per heavy atom. The third-order valence-corrected chi connectivity index (χ3v) is 6.31. The Morgan fingerprint density at radius 3 is 2.88 bits per heavy atom. The first kappa shape index (κ1) is 22.8. The summed E-state index contributed by atoms with van der Waals surface area (Å²) >= 11 is 1.14. The SMILES string of the molecule is CN(C)C(=O)c1ccc(F)c(-c2nc(C(=O)Nc3cnccc3N3CCC[C@H](N)C3)cs2)c1. The zero-order valence-corrected chi connectivity index (χ0v) is 19.2. The summed E-state index contributed by atoms with van der Waals surface area (Å²) in [4.78, 5) is 37.2. The van der Waals surface area contributed by atoms with Crippen molar-refractivity contribution in [2.75, 3.05) is 37.4 Å². The molecule has 3 heterocycles. The molecule has 1 aliphatic heterocycles. The molecule has 3 N–H and O–H groups in total. The fraction of sp³-hybridized carbons (Fsp3) is 0.304. The summed E-state index contributed by atoms with van der Waals surface area (Å²) in [6.07, 6.45) is 5.23. The summed E-state index contributed by atoms with van der Waals surface area (Å²) < 4.78 is 14.5. The number of hydrogen-bond acceptors (Lipinski definition) is 7. The van der Waals surface area contributed by atoms with E-state index in [1.165, 1.54) is 23.1 Å². The molecule has 4 rings (SSSR count). The van der Waals surface area contributed by atoms with Crippen LogP contribution in [0.4, 0.5) is 15.8 Å². The molecule has 33 heavy (non-hydrogen) atoms. The second-order valence-corrected chi connectivity index (χ2v) is 8.99. The van der Waals surface area contributed by atoms with Crippen LogP contribution in [0.25, 0.3) is 10.6 Å². The molecule has 1 aromatic carbocycles. The highest BCUT2D eigenvalue weighted by atomic mass is 32.1. The van der Waals surface area contributed by atoms with Gasteiger partial charge in [0.2, 0.25) is 0 Å². The van der Waals surface area contributed by atoms with Gasteiger partial charge in [-0.1, -0.05) is 0 Å². The molecule has 0 bridgehead atoms. The Balaban J connectivity index is 1.56. The lowest BCUT2D eigenvalue weighted by atomic mass is 10.1. The Bertz CT molecular complexity index is 1180. The third kappa shape index (κ3) is 5.01. The first-order valence-electron chi connectivity index (χ1n) is 10.6. The van der Waals surface area contributed by atoms with Gasteiger partial charge < -0.3 is 20.9 Å². The molecule has 8 nitrogen and oxygen atoms in total. The highest BCUT2D eigenvalue weighted by Gasteiger charge is 2.22. The molecule has 2 aromatic heterocycles. The van der Waals surface area contributed by atoms with Gasteiger partial charge in [-0.15, -0.1) is 11.3 Å². The van der Waals surface area contributed by atoms with Crippen LogP contribution in [0.3, 0.4) is 0 Å². The number of rotatable bonds is 5. The molecule has 0 aliphatic carbocycles. The molecular formula is C23H25FN6O2S. The maximum absolute atomic E-state index is 14.5. The number of benzene rings is 1. The quantitative estimate of drug-likeness (QED) is 0.596. The third-order valence-electron chi connectivity index (χ3n) is 5.43. The van der Waals surface area contributed by atoms with Gasteiger partial charge in [0.05, 0.1) is 17.6 Å². The van der Waals surface area contributed by atoms with Crippen molar-refractivity contribution in [2.45, 2.75) is 18.9 Å². The number of carbonyl (C=O) groups excluding carboxylic acids is 2. The van der Waals surface area contributed by atoms with Crippen molar-refractivity contribution >= 4 is 34.5 Å². The lowest BCUT2D eigenvalue weighted by molar-refractivity contribution is 0.0827. The summed E-state index contributed by atoms with van der Waals surface area (Å²) in [5.41, 5.74) is 8.21. The second kappa shape index (κ2) is 9.63. The molecule has 3 aromatic rings. The number of amides is 2. The van der Waals surface area contributed by atoms with Crippen LogP contribution in [-0.2, 0) is 0 Å². The molecule has 1 aliphatic rings. The lowest BCUT2D eigenvalue weighted by Crippen LogP contribution is -2.43. The summed E-state index contributed by atoms with van der Waals surface area (Å²) in [6, 6.07) is 6.05. The van der Waals surface area contributed by atoms with Crippen LogP contribution in [0.15, 0.2) is 42.0 Å². The van der Waals surface area contributed by atoms with Gasteiger partial charge in [0, 0.05) is 55.9 Å². The van der Waals surface area contributed by atoms with Crippen molar-refractivity contribution in [1.29, 1.82) is 0 Å². The van der Waals surface area contributed by atoms with Crippen molar-refractivity contribution in [2.24, 2.45) is 5.73 Å². The van der Waals surface area contributed by atoms with Gasteiger partial charge in [0.25, 0.3) is 11.8 Å². The second-order valence-electron chi connectivity index (χ2n) is 8.13. The van der Waals surface area contributed by atoms with Gasteiger partial charge in [0.1, 0.15) is 16.5 Å². The summed E-state index contributed by atoms with van der Waals surface area (Å²) in [7, 11) is 3.25. The Hall–Kier alpha value is -3.37. The molecule has 0 unspecified atom stereocenters. The molecule has 1 saturated heterocycles. The molecule has 1 fully saturated rings. The molecule has 172 valence electrons. The molecular weight excluding hydrogens is 443 g/mol. The average Bonchev–Trinajstić information content (AvgIpc) is 3.29. The number of pyridine rings is 1. The number of carbonyl (C=O) groups is 2. The van der Waals surface area contributed by atoms with Crippen LogP contribution in [0, 0.1) is 5.82 Å². The van der Waals surface area contributed by atoms with Gasteiger partial charge in [-0.25, -0.2) is 9.37 Å². The minimum Gasteiger partial charge on any atom is -0.368 e. The van der Waals surface area contributed by atoms with Gasteiger partial charge in [0.15, 0.2) is 0 Å². The fourth-order valence-corrected chi connectivity index (χ4v) is 4.57. The van der Waals surface area contributed by atoms with Crippen molar-refractivity contribution < 1.29 is 14.0 Å². The summed E-state index contributed by atoms with van der Waals surface area (Å²) in [5, 5.41) is 4.75. The Morgan fingerprint density at radius 1 is 1.30 bits per heavy atom. The summed E-state index contributed by atoms with van der Waals surface area (Å²) in [6.45, 7) is 1.55. The number of nitrogens with two attached hydrogens (primary N) is 1. The Kier molecular flexibility index (Phi) is 6.66. The first-order valence-corrected chi connectivity index (χ1v) is 11.4. The monoisotopic (exact) mass is 468 g/mol. The van der Waals surface area contributed by atoms with Crippen LogP contribution >= 0.6 is 11.3 Å². The van der Waals surface area contributed by atoms with E-state index in [-0.39, 0.29) is 23.2 Å². The van der Waals surface area contributed by atoms with Crippen molar-refractivity contribution in [3.05, 3.63) is 59.1 Å². The van der Waals surface area contributed by atoms with E-state index in [0.717, 1.165) is 36.4 Å². The number of thiazole rings is 1. The smallest absolute Gasteiger partial charge is 0.275 e. The number of halogens is 1. The van der Waals surface area contributed by atoms with E-state index in [2.05, 4.69) is 20.2 Å². The van der Waals surface area contributed by atoms with Crippen LogP contribution in [-0.4, -0.2) is 59.9 Å². The van der Waals surface area contributed by atoms with Crippen LogP contribution in [0.2, 0.25) is 0 Å². The largest absolute Gasteiger partial charge is 0.368 e. The van der Waals surface area contributed by atoms with Gasteiger partial charge in [-0.3, -0.25) is 14.6 Å². The zero-order chi connectivity index (χ0) is 23.5. The Labute approximate surface area is 195 Å². The standard InChI is InChI=1S/C23H25FN6O2S/c1-29(2)23(32)14-5-6-17(24)16(10-14)22-28-19(13-33-22)21(31)27-18-11-26-8-7-20(18)30-9-3-4-15(25)12-30/h5-8,10-11,13,15H,3-4,9,12,25H2,1-2H3,(H,27,31)/t15-/m0/s1. The van der Waals surface area contributed by atoms with E-state index in [9.17, 15) is 14.0 Å². The number of nitrogens with zero attached hydrogens (tertiary/aromatic N) is 4. The van der Waals surface area contributed by atoms with Crippen molar-refractivity contribution in [3.8, 4) is 10.6 Å². The number of anilines is 2. The predicted molar refractivity (Wildman–Crippen MR) is 127 cm³/mol. The van der Waals surface area contributed by atoms with E-state index < -0.39 is 11.7 Å². The highest BCUT2D eigenvalue weighted by Crippen LogP contribution is 2.30. The van der Waals surface area contributed by atoms with Crippen LogP contribution in [0.1, 0.15) is 33.7 Å². The maximum Gasteiger partial charge on any atom is 0.275 e. The fourth-order valence-electron chi connectivity index (χ4n) is 3.76. The van der Waals surface area contributed by atoms with Crippen molar-refractivity contribution in [3.63, 3.8) is 0 Å². The molecule has 10 heteroatoms. The molecule has 1 atom stereocenters. The van der Waals surface area contributed by atoms with Gasteiger partial charge in [-0.05, 0) is 37.1 Å². The van der Waals surface area contributed by atoms with E-state index in [4.69, 9.17) is 5.73 Å². The topological polar surface area (TPSA) is 104 Å². The van der Waals surface area contributed by atoms with Crippen LogP contribution in [0.5, 0.6) is 0 Å². The number of hydrogen-bond donors (Lipinski definition) is 2. The average molecular weight is 469 g/mol. The van der Waals surface area contributed by atoms with E-state index in [1.54, 1.807) is 31.9 Å². The normalized spacial score (nSPS) is 15.9. The molecule has 0 spiro atoms. The van der Waals surface area contributed by atoms with E-state index >= 15 is 0 Å². The number of piperidine rings is 1. The highest BCUT2D eigenvalue weighted by molar-refractivity contribution is 7.13. The zero-order valence-electron chi connectivity index (χ0n) is 18.4. The van der Waals surface area contributed by atoms with E-state index in [1.807, 2.05) is 6.07 Å². The van der Waals surface area contributed by atoms with E-state index in [0.29, 0.717) is 22.8 Å². The predicted octanol–water partition coefficient (Wildman–Crippen LogP) is 3.23.